The number of carbonyl (C=O) groups is 2. The van der Waals surface area contributed by atoms with Crippen molar-refractivity contribution in [3.63, 3.8) is 0 Å². The second-order valence-electron chi connectivity index (χ2n) is 6.86. The number of imidazole rings is 1. The topological polar surface area (TPSA) is 88.4 Å². The molecule has 0 saturated heterocycles. The Hall–Kier alpha value is -3.74. The number of para-hydroxylation sites is 1. The van der Waals surface area contributed by atoms with Gasteiger partial charge in [-0.1, -0.05) is 31.2 Å². The Bertz CT molecular complexity index is 1210. The monoisotopic (exact) mass is 387 g/mol. The van der Waals surface area contributed by atoms with Crippen molar-refractivity contribution in [2.45, 2.75) is 26.3 Å². The lowest BCUT2D eigenvalue weighted by atomic mass is 10.2. The minimum atomic E-state index is -0.410. The first-order valence-electron chi connectivity index (χ1n) is 9.51. The molecule has 0 saturated carbocycles. The molecule has 3 aromatic heterocycles. The van der Waals surface area contributed by atoms with Gasteiger partial charge in [0.15, 0.2) is 5.69 Å². The van der Waals surface area contributed by atoms with Gasteiger partial charge in [0.25, 0.3) is 11.8 Å². The summed E-state index contributed by atoms with van der Waals surface area (Å²) in [6, 6.07) is 14.7. The first-order valence-corrected chi connectivity index (χ1v) is 9.51. The number of amides is 2. The fourth-order valence-corrected chi connectivity index (χ4v) is 3.14. The second-order valence-corrected chi connectivity index (χ2v) is 6.86. The maximum absolute atomic E-state index is 13.0. The number of aromatic nitrogens is 3. The molecular weight excluding hydrogens is 366 g/mol. The average Bonchev–Trinajstić information content (AvgIpc) is 3.14. The van der Waals surface area contributed by atoms with Gasteiger partial charge in [-0.25, -0.2) is 4.98 Å². The van der Waals surface area contributed by atoms with Gasteiger partial charge in [0, 0.05) is 23.8 Å². The number of nitrogens with one attached hydrogen (secondary N) is 2. The maximum Gasteiger partial charge on any atom is 0.292 e. The van der Waals surface area contributed by atoms with E-state index >= 15 is 0 Å². The van der Waals surface area contributed by atoms with Crippen molar-refractivity contribution in [2.75, 3.05) is 5.32 Å². The predicted molar refractivity (Wildman–Crippen MR) is 112 cm³/mol. The molecule has 7 heteroatoms. The fraction of sp³-hybridized carbons (Fsp3) is 0.182. The van der Waals surface area contributed by atoms with E-state index in [1.54, 1.807) is 35.0 Å². The molecule has 2 N–H and O–H groups in total. The van der Waals surface area contributed by atoms with Crippen LogP contribution in [-0.2, 0) is 0 Å². The van der Waals surface area contributed by atoms with Crippen LogP contribution in [0, 0.1) is 0 Å². The number of fused-ring (bicyclic) bond motifs is 2. The summed E-state index contributed by atoms with van der Waals surface area (Å²) in [6.07, 6.45) is 4.21. The molecule has 0 aliphatic rings. The number of rotatable bonds is 5. The van der Waals surface area contributed by atoms with Gasteiger partial charge in [0.05, 0.1) is 16.7 Å². The molecule has 0 bridgehead atoms. The van der Waals surface area contributed by atoms with Gasteiger partial charge in [0.1, 0.15) is 0 Å². The third-order valence-corrected chi connectivity index (χ3v) is 4.84. The first-order chi connectivity index (χ1) is 14.1. The molecule has 0 radical (unpaired) electrons. The Labute approximate surface area is 167 Å². The molecule has 4 rings (SSSR count). The molecule has 7 nitrogen and oxygen atoms in total. The molecule has 0 fully saturated rings. The number of carbonyl (C=O) groups excluding carboxylic acids is 2. The molecule has 146 valence electrons. The Morgan fingerprint density at radius 3 is 2.72 bits per heavy atom. The smallest absolute Gasteiger partial charge is 0.292 e. The zero-order valence-electron chi connectivity index (χ0n) is 16.2. The van der Waals surface area contributed by atoms with Crippen molar-refractivity contribution in [1.29, 1.82) is 0 Å². The van der Waals surface area contributed by atoms with Gasteiger partial charge in [-0.15, -0.1) is 0 Å². The van der Waals surface area contributed by atoms with Gasteiger partial charge in [0.2, 0.25) is 5.82 Å². The second kappa shape index (κ2) is 7.71. The van der Waals surface area contributed by atoms with Crippen LogP contribution >= 0.6 is 0 Å². The van der Waals surface area contributed by atoms with Crippen molar-refractivity contribution in [2.24, 2.45) is 0 Å². The van der Waals surface area contributed by atoms with Crippen LogP contribution < -0.4 is 10.6 Å². The Balaban J connectivity index is 1.72. The zero-order chi connectivity index (χ0) is 20.4. The Morgan fingerprint density at radius 2 is 1.90 bits per heavy atom. The van der Waals surface area contributed by atoms with E-state index in [0.717, 1.165) is 11.8 Å². The highest BCUT2D eigenvalue weighted by Crippen LogP contribution is 2.22. The van der Waals surface area contributed by atoms with Crippen molar-refractivity contribution in [3.8, 4) is 0 Å². The van der Waals surface area contributed by atoms with Crippen molar-refractivity contribution >= 4 is 33.9 Å². The third kappa shape index (κ3) is 3.54. The SMILES string of the molecule is CCC(C)NC(=O)c1nc(C(=O)Nc2cccc3cccnc23)n2ccccc12. The lowest BCUT2D eigenvalue weighted by Crippen LogP contribution is -2.32. The van der Waals surface area contributed by atoms with Gasteiger partial charge >= 0.3 is 0 Å². The van der Waals surface area contributed by atoms with E-state index in [0.29, 0.717) is 16.7 Å². The summed E-state index contributed by atoms with van der Waals surface area (Å²) >= 11 is 0. The lowest BCUT2D eigenvalue weighted by Gasteiger charge is -2.09. The van der Waals surface area contributed by atoms with Gasteiger partial charge in [-0.05, 0) is 37.6 Å². The Kier molecular flexibility index (Phi) is 4.95. The van der Waals surface area contributed by atoms with E-state index in [9.17, 15) is 9.59 Å². The summed E-state index contributed by atoms with van der Waals surface area (Å²) in [5.74, 6) is -0.566. The molecule has 2 amide bonds. The van der Waals surface area contributed by atoms with Crippen LogP contribution in [0.1, 0.15) is 41.4 Å². The van der Waals surface area contributed by atoms with Crippen molar-refractivity contribution < 1.29 is 9.59 Å². The summed E-state index contributed by atoms with van der Waals surface area (Å²) in [5.41, 5.74) is 2.09. The van der Waals surface area contributed by atoms with Crippen LogP contribution in [0.4, 0.5) is 5.69 Å². The van der Waals surface area contributed by atoms with Crippen molar-refractivity contribution in [1.82, 2.24) is 19.7 Å². The van der Waals surface area contributed by atoms with Crippen LogP contribution in [0.5, 0.6) is 0 Å². The van der Waals surface area contributed by atoms with E-state index in [1.165, 1.54) is 0 Å². The summed E-state index contributed by atoms with van der Waals surface area (Å²) in [6.45, 7) is 3.92. The molecule has 1 atom stereocenters. The van der Waals surface area contributed by atoms with Gasteiger partial charge in [-0.2, -0.15) is 0 Å². The van der Waals surface area contributed by atoms with Crippen LogP contribution in [-0.4, -0.2) is 32.2 Å². The van der Waals surface area contributed by atoms with Crippen molar-refractivity contribution in [3.05, 3.63) is 72.4 Å². The molecule has 0 aliphatic carbocycles. The summed E-state index contributed by atoms with van der Waals surface area (Å²) < 4.78 is 1.62. The lowest BCUT2D eigenvalue weighted by molar-refractivity contribution is 0.0936. The molecular formula is C22H21N5O2. The van der Waals surface area contributed by atoms with Crippen LogP contribution in [0.15, 0.2) is 60.9 Å². The van der Waals surface area contributed by atoms with E-state index in [2.05, 4.69) is 20.6 Å². The molecule has 1 aromatic carbocycles. The van der Waals surface area contributed by atoms with Crippen LogP contribution in [0.3, 0.4) is 0 Å². The van der Waals surface area contributed by atoms with Gasteiger partial charge < -0.3 is 10.6 Å². The van der Waals surface area contributed by atoms with Crippen LogP contribution in [0.25, 0.3) is 16.4 Å². The Morgan fingerprint density at radius 1 is 1.07 bits per heavy atom. The summed E-state index contributed by atoms with van der Waals surface area (Å²) in [7, 11) is 0. The van der Waals surface area contributed by atoms with E-state index in [4.69, 9.17) is 0 Å². The molecule has 1 unspecified atom stereocenters. The van der Waals surface area contributed by atoms with E-state index in [-0.39, 0.29) is 23.5 Å². The highest BCUT2D eigenvalue weighted by Gasteiger charge is 2.22. The first kappa shape index (κ1) is 18.6. The standard InChI is InChI=1S/C22H21N5O2/c1-3-14(2)24-21(28)19-17-11-4-5-13-27(17)20(26-19)22(29)25-16-10-6-8-15-9-7-12-23-18(15)16/h4-14H,3H2,1-2H3,(H,24,28)(H,25,29). The minimum Gasteiger partial charge on any atom is -0.348 e. The molecule has 4 aromatic rings. The molecule has 0 spiro atoms. The zero-order valence-corrected chi connectivity index (χ0v) is 16.2. The van der Waals surface area contributed by atoms with E-state index in [1.807, 2.05) is 44.2 Å². The number of hydrogen-bond donors (Lipinski definition) is 2. The quantitative estimate of drug-likeness (QED) is 0.547. The number of benzene rings is 1. The number of anilines is 1. The molecule has 3 heterocycles. The highest BCUT2D eigenvalue weighted by molar-refractivity contribution is 6.09. The number of hydrogen-bond acceptors (Lipinski definition) is 4. The molecule has 29 heavy (non-hydrogen) atoms. The van der Waals surface area contributed by atoms with Crippen LogP contribution in [0.2, 0.25) is 0 Å². The molecule has 0 aliphatic heterocycles. The summed E-state index contributed by atoms with van der Waals surface area (Å²) in [5, 5.41) is 6.71. The predicted octanol–water partition coefficient (Wildman–Crippen LogP) is 3.66. The number of nitrogens with zero attached hydrogens (tertiary/aromatic N) is 3. The largest absolute Gasteiger partial charge is 0.348 e. The number of pyridine rings is 2. The summed E-state index contributed by atoms with van der Waals surface area (Å²) in [4.78, 5) is 34.4. The highest BCUT2D eigenvalue weighted by atomic mass is 16.2. The normalized spacial score (nSPS) is 12.1. The third-order valence-electron chi connectivity index (χ3n) is 4.84. The van der Waals surface area contributed by atoms with Gasteiger partial charge in [-0.3, -0.25) is 19.0 Å². The minimum absolute atomic E-state index is 0.0157. The fourth-order valence-electron chi connectivity index (χ4n) is 3.14. The average molecular weight is 387 g/mol. The maximum atomic E-state index is 13.0. The van der Waals surface area contributed by atoms with E-state index < -0.39 is 5.91 Å².